The third-order valence-corrected chi connectivity index (χ3v) is 4.21. The van der Waals surface area contributed by atoms with Crippen LogP contribution in [-0.2, 0) is 19.1 Å². The fraction of sp³-hybridized carbons (Fsp3) is 0.500. The highest BCUT2D eigenvalue weighted by Gasteiger charge is 2.25. The van der Waals surface area contributed by atoms with Crippen molar-refractivity contribution in [1.82, 2.24) is 0 Å². The molecule has 0 heterocycles. The average Bonchev–Trinajstić information content (AvgIpc) is 2.60. The number of carbonyl (C=O) groups excluding carboxylic acids is 2. The molecule has 1 atom stereocenters. The molecular weight excluding hydrogens is 320 g/mol. The lowest BCUT2D eigenvalue weighted by Gasteiger charge is -2.27. The molecule has 0 spiro atoms. The van der Waals surface area contributed by atoms with Gasteiger partial charge in [-0.2, -0.15) is 0 Å². The molecule has 0 aliphatic heterocycles. The highest BCUT2D eigenvalue weighted by molar-refractivity contribution is 6.13. The average molecular weight is 348 g/mol. The van der Waals surface area contributed by atoms with Crippen LogP contribution < -0.4 is 4.74 Å². The minimum atomic E-state index is -0.675. The highest BCUT2D eigenvalue weighted by Crippen LogP contribution is 2.35. The normalized spacial score (nSPS) is 12.1. The molecule has 0 saturated heterocycles. The zero-order valence-electron chi connectivity index (χ0n) is 15.9. The summed E-state index contributed by atoms with van der Waals surface area (Å²) in [7, 11) is 4.14. The molecule has 5 heteroatoms. The number of carbonyl (C=O) groups is 2. The maximum absolute atomic E-state index is 11.7. The SMILES string of the molecule is COC(=O)C(=CCC(C)(C)CC(C)c1ccc(OC)cc1)C(=O)OC. The Balaban J connectivity index is 2.83. The highest BCUT2D eigenvalue weighted by atomic mass is 16.5. The van der Waals surface area contributed by atoms with E-state index in [0.717, 1.165) is 12.2 Å². The fourth-order valence-electron chi connectivity index (χ4n) is 2.81. The molecule has 0 aliphatic rings. The minimum absolute atomic E-state index is 0.0600. The summed E-state index contributed by atoms with van der Waals surface area (Å²) in [4.78, 5) is 23.5. The first-order valence-electron chi connectivity index (χ1n) is 8.25. The smallest absolute Gasteiger partial charge is 0.344 e. The third-order valence-electron chi connectivity index (χ3n) is 4.21. The van der Waals surface area contributed by atoms with Crippen molar-refractivity contribution in [2.24, 2.45) is 5.41 Å². The molecular formula is C20H28O5. The molecule has 1 unspecified atom stereocenters. The number of allylic oxidation sites excluding steroid dienone is 1. The first kappa shape index (κ1) is 20.7. The lowest BCUT2D eigenvalue weighted by Crippen LogP contribution is -2.19. The molecule has 0 aliphatic carbocycles. The van der Waals surface area contributed by atoms with E-state index in [1.807, 2.05) is 12.1 Å². The molecule has 25 heavy (non-hydrogen) atoms. The van der Waals surface area contributed by atoms with Gasteiger partial charge < -0.3 is 14.2 Å². The molecule has 0 fully saturated rings. The van der Waals surface area contributed by atoms with E-state index in [9.17, 15) is 9.59 Å². The fourth-order valence-corrected chi connectivity index (χ4v) is 2.81. The summed E-state index contributed by atoms with van der Waals surface area (Å²) in [6.45, 7) is 6.38. The van der Waals surface area contributed by atoms with Crippen LogP contribution in [0.25, 0.3) is 0 Å². The monoisotopic (exact) mass is 348 g/mol. The van der Waals surface area contributed by atoms with Gasteiger partial charge in [0.05, 0.1) is 21.3 Å². The third kappa shape index (κ3) is 6.25. The maximum atomic E-state index is 11.7. The van der Waals surface area contributed by atoms with Gasteiger partial charge in [0.25, 0.3) is 0 Å². The van der Waals surface area contributed by atoms with E-state index in [1.54, 1.807) is 13.2 Å². The van der Waals surface area contributed by atoms with Crippen LogP contribution in [-0.4, -0.2) is 33.3 Å². The Morgan fingerprint density at radius 1 is 1.04 bits per heavy atom. The van der Waals surface area contributed by atoms with Crippen molar-refractivity contribution in [3.8, 4) is 5.75 Å². The van der Waals surface area contributed by atoms with E-state index in [4.69, 9.17) is 4.74 Å². The molecule has 1 aromatic carbocycles. The molecule has 1 aromatic rings. The van der Waals surface area contributed by atoms with Gasteiger partial charge in [0.15, 0.2) is 0 Å². The molecule has 0 radical (unpaired) electrons. The molecule has 0 bridgehead atoms. The molecule has 0 N–H and O–H groups in total. The topological polar surface area (TPSA) is 61.8 Å². The Kier molecular flexibility index (Phi) is 7.68. The second-order valence-electron chi connectivity index (χ2n) is 6.85. The van der Waals surface area contributed by atoms with Crippen molar-refractivity contribution in [2.45, 2.75) is 39.5 Å². The molecule has 5 nitrogen and oxygen atoms in total. The van der Waals surface area contributed by atoms with Gasteiger partial charge in [0.1, 0.15) is 11.3 Å². The summed E-state index contributed by atoms with van der Waals surface area (Å²) >= 11 is 0. The molecule has 0 aromatic heterocycles. The molecule has 0 amide bonds. The van der Waals surface area contributed by atoms with Gasteiger partial charge in [-0.1, -0.05) is 39.0 Å². The number of hydrogen-bond donors (Lipinski definition) is 0. The van der Waals surface area contributed by atoms with Crippen molar-refractivity contribution in [1.29, 1.82) is 0 Å². The summed E-state index contributed by atoms with van der Waals surface area (Å²) < 4.78 is 14.5. The lowest BCUT2D eigenvalue weighted by atomic mass is 9.78. The van der Waals surface area contributed by atoms with Gasteiger partial charge in [-0.3, -0.25) is 0 Å². The number of hydrogen-bond acceptors (Lipinski definition) is 5. The van der Waals surface area contributed by atoms with Crippen LogP contribution in [0.4, 0.5) is 0 Å². The van der Waals surface area contributed by atoms with E-state index in [2.05, 4.69) is 42.4 Å². The zero-order valence-corrected chi connectivity index (χ0v) is 15.9. The minimum Gasteiger partial charge on any atom is -0.497 e. The first-order chi connectivity index (χ1) is 11.7. The van der Waals surface area contributed by atoms with Crippen molar-refractivity contribution in [3.05, 3.63) is 41.5 Å². The van der Waals surface area contributed by atoms with Gasteiger partial charge in [-0.25, -0.2) is 9.59 Å². The van der Waals surface area contributed by atoms with Crippen LogP contribution in [0.5, 0.6) is 5.75 Å². The van der Waals surface area contributed by atoms with Crippen molar-refractivity contribution in [2.75, 3.05) is 21.3 Å². The van der Waals surface area contributed by atoms with Crippen molar-refractivity contribution < 1.29 is 23.8 Å². The Morgan fingerprint density at radius 3 is 2.00 bits per heavy atom. The second kappa shape index (κ2) is 9.25. The molecule has 1 rings (SSSR count). The number of ether oxygens (including phenoxy) is 3. The van der Waals surface area contributed by atoms with Gasteiger partial charge in [0.2, 0.25) is 0 Å². The number of methoxy groups -OCH3 is 3. The van der Waals surface area contributed by atoms with Gasteiger partial charge in [-0.15, -0.1) is 0 Å². The van der Waals surface area contributed by atoms with Crippen LogP contribution in [0.1, 0.15) is 45.1 Å². The standard InChI is InChI=1S/C20H28O5/c1-14(15-7-9-16(23-4)10-8-15)13-20(2,3)12-11-17(18(21)24-5)19(22)25-6/h7-11,14H,12-13H2,1-6H3. The van der Waals surface area contributed by atoms with Gasteiger partial charge >= 0.3 is 11.9 Å². The van der Waals surface area contributed by atoms with Crippen molar-refractivity contribution >= 4 is 11.9 Å². The Hall–Kier alpha value is -2.30. The number of benzene rings is 1. The van der Waals surface area contributed by atoms with E-state index in [1.165, 1.54) is 19.8 Å². The quantitative estimate of drug-likeness (QED) is 0.309. The predicted octanol–water partition coefficient (Wildman–Crippen LogP) is 3.88. The summed E-state index contributed by atoms with van der Waals surface area (Å²) in [5.41, 5.74) is 1.06. The van der Waals surface area contributed by atoms with Crippen LogP contribution in [0.2, 0.25) is 0 Å². The number of esters is 2. The summed E-state index contributed by atoms with van der Waals surface area (Å²) in [6, 6.07) is 8.02. The van der Waals surface area contributed by atoms with E-state index >= 15 is 0 Å². The summed E-state index contributed by atoms with van der Waals surface area (Å²) in [6.07, 6.45) is 3.07. The predicted molar refractivity (Wildman–Crippen MR) is 96.5 cm³/mol. The van der Waals surface area contributed by atoms with E-state index < -0.39 is 11.9 Å². The maximum Gasteiger partial charge on any atom is 0.344 e. The zero-order chi connectivity index (χ0) is 19.0. The second-order valence-corrected chi connectivity index (χ2v) is 6.85. The van der Waals surface area contributed by atoms with Crippen LogP contribution in [0, 0.1) is 5.41 Å². The largest absolute Gasteiger partial charge is 0.497 e. The van der Waals surface area contributed by atoms with Gasteiger partial charge in [-0.05, 0) is 41.9 Å². The molecule has 138 valence electrons. The summed E-state index contributed by atoms with van der Waals surface area (Å²) in [5.74, 6) is -0.190. The van der Waals surface area contributed by atoms with Crippen LogP contribution in [0.3, 0.4) is 0 Å². The Morgan fingerprint density at radius 2 is 1.56 bits per heavy atom. The first-order valence-corrected chi connectivity index (χ1v) is 8.25. The van der Waals surface area contributed by atoms with Crippen LogP contribution >= 0.6 is 0 Å². The number of rotatable bonds is 8. The Bertz CT molecular complexity index is 595. The van der Waals surface area contributed by atoms with Crippen LogP contribution in [0.15, 0.2) is 35.9 Å². The van der Waals surface area contributed by atoms with Gasteiger partial charge in [0, 0.05) is 0 Å². The van der Waals surface area contributed by atoms with E-state index in [0.29, 0.717) is 12.3 Å². The molecule has 0 saturated carbocycles. The van der Waals surface area contributed by atoms with E-state index in [-0.39, 0.29) is 11.0 Å². The lowest BCUT2D eigenvalue weighted by molar-refractivity contribution is -0.144. The Labute approximate surface area is 150 Å². The van der Waals surface area contributed by atoms with Crippen molar-refractivity contribution in [3.63, 3.8) is 0 Å². The summed E-state index contributed by atoms with van der Waals surface area (Å²) in [5, 5.41) is 0.